The number of fused-ring (bicyclic) bond motifs is 3. The van der Waals surface area contributed by atoms with Gasteiger partial charge in [0.15, 0.2) is 0 Å². The highest BCUT2D eigenvalue weighted by atomic mass is 16.3. The van der Waals surface area contributed by atoms with E-state index in [1.165, 1.54) is 11.8 Å². The van der Waals surface area contributed by atoms with Crippen LogP contribution in [0.2, 0.25) is 0 Å². The first-order valence-electron chi connectivity index (χ1n) is 17.8. The number of nitrogens with one attached hydrogen (secondary N) is 6. The summed E-state index contributed by atoms with van der Waals surface area (Å²) in [4.78, 5) is 86.9. The maximum absolute atomic E-state index is 14.2. The predicted molar refractivity (Wildman–Crippen MR) is 192 cm³/mol. The van der Waals surface area contributed by atoms with Gasteiger partial charge in [-0.25, -0.2) is 0 Å². The Hall–Kier alpha value is -5.28. The Morgan fingerprint density at radius 2 is 1.46 bits per heavy atom. The molecule has 0 spiro atoms. The average molecular weight is 717 g/mol. The number of piperidine rings is 1. The van der Waals surface area contributed by atoms with Crippen LogP contribution in [0.5, 0.6) is 0 Å². The van der Waals surface area contributed by atoms with Crippen molar-refractivity contribution in [1.82, 2.24) is 36.5 Å². The van der Waals surface area contributed by atoms with Crippen LogP contribution in [-0.4, -0.2) is 106 Å². The largest absolute Gasteiger partial charge is 0.391 e. The number of hydrogen-bond donors (Lipinski definition) is 8. The normalized spacial score (nSPS) is 24.5. The fraction of sp³-hybridized carbons (Fsp3) is 0.459. The molecule has 9 N–H and O–H groups in total. The fourth-order valence-electron chi connectivity index (χ4n) is 6.66. The number of aromatic amines is 1. The third kappa shape index (κ3) is 9.73. The Morgan fingerprint density at radius 1 is 0.788 bits per heavy atom. The molecule has 5 rings (SSSR count). The molecule has 1 aromatic heterocycles. The summed E-state index contributed by atoms with van der Waals surface area (Å²) >= 11 is 0. The molecule has 6 atom stereocenters. The Kier molecular flexibility index (Phi) is 13.0. The lowest BCUT2D eigenvalue weighted by atomic mass is 10.0. The number of rotatable bonds is 9. The Morgan fingerprint density at radius 3 is 2.19 bits per heavy atom. The van der Waals surface area contributed by atoms with E-state index < -0.39 is 71.8 Å². The van der Waals surface area contributed by atoms with Crippen molar-refractivity contribution in [2.45, 2.75) is 88.2 Å². The molecule has 278 valence electrons. The number of H-pyrrole nitrogens is 1. The quantitative estimate of drug-likeness (QED) is 0.135. The zero-order chi connectivity index (χ0) is 37.2. The smallest absolute Gasteiger partial charge is 0.245 e. The first-order chi connectivity index (χ1) is 25.0. The highest BCUT2D eigenvalue weighted by Gasteiger charge is 2.37. The molecular formula is C37H48N8O7. The molecule has 3 aromatic rings. The molecule has 0 unspecified atom stereocenters. The van der Waals surface area contributed by atoms with Crippen LogP contribution < -0.4 is 32.3 Å². The van der Waals surface area contributed by atoms with Gasteiger partial charge in [-0.2, -0.15) is 0 Å². The van der Waals surface area contributed by atoms with Crippen LogP contribution in [-0.2, 0) is 41.6 Å². The van der Waals surface area contributed by atoms with Crippen molar-refractivity contribution in [3.63, 3.8) is 0 Å². The van der Waals surface area contributed by atoms with E-state index in [2.05, 4.69) is 31.6 Å². The number of amides is 6. The van der Waals surface area contributed by atoms with Crippen LogP contribution in [0.25, 0.3) is 10.9 Å². The predicted octanol–water partition coefficient (Wildman–Crippen LogP) is -0.477. The van der Waals surface area contributed by atoms with Gasteiger partial charge in [-0.05, 0) is 62.8 Å². The van der Waals surface area contributed by atoms with Crippen LogP contribution in [0.4, 0.5) is 0 Å². The number of para-hydroxylation sites is 1. The third-order valence-electron chi connectivity index (χ3n) is 9.49. The molecule has 6 amide bonds. The maximum Gasteiger partial charge on any atom is 0.245 e. The van der Waals surface area contributed by atoms with Crippen molar-refractivity contribution in [3.05, 3.63) is 71.9 Å². The lowest BCUT2D eigenvalue weighted by Crippen LogP contribution is -2.63. The summed E-state index contributed by atoms with van der Waals surface area (Å²) in [6, 6.07) is 10.6. The molecule has 15 nitrogen and oxygen atoms in total. The van der Waals surface area contributed by atoms with Gasteiger partial charge in [0.25, 0.3) is 0 Å². The van der Waals surface area contributed by atoms with Crippen molar-refractivity contribution < 1.29 is 33.9 Å². The van der Waals surface area contributed by atoms with Crippen molar-refractivity contribution in [1.29, 1.82) is 0 Å². The lowest BCUT2D eigenvalue weighted by molar-refractivity contribution is -0.143. The molecule has 2 aromatic carbocycles. The topological polar surface area (TPSA) is 228 Å². The average Bonchev–Trinajstić information content (AvgIpc) is 3.53. The van der Waals surface area contributed by atoms with Crippen LogP contribution in [0.1, 0.15) is 50.2 Å². The van der Waals surface area contributed by atoms with Crippen molar-refractivity contribution in [2.24, 2.45) is 5.73 Å². The number of nitrogens with two attached hydrogens (primary N) is 1. The summed E-state index contributed by atoms with van der Waals surface area (Å²) in [5.74, 6) is -3.90. The first-order valence-corrected chi connectivity index (χ1v) is 17.8. The van der Waals surface area contributed by atoms with Gasteiger partial charge >= 0.3 is 0 Å². The maximum atomic E-state index is 14.2. The standard InChI is InChI=1S/C37H48N8O7/c1-22(46)32-36(51)42-28-15-9-17-45(37(28)52)21-31(47)40-29(18-23-10-3-2-4-11-23)34(49)43-30(19-24-20-39-26-13-6-5-12-25(24)26)35(50)41-27(33(48)44-32)14-7-8-16-38/h2-6,10-13,20,22,27-30,32,39,46H,7-9,14-19,21,38H2,1H3,(H,40,47)(H,41,50)(H,42,51)(H,43,49)(H,44,48)/t22-,27+,28-,29+,30+,32+/m1/s1. The van der Waals surface area contributed by atoms with Crippen LogP contribution >= 0.6 is 0 Å². The van der Waals surface area contributed by atoms with E-state index in [4.69, 9.17) is 5.73 Å². The Bertz CT molecular complexity index is 1750. The van der Waals surface area contributed by atoms with Crippen molar-refractivity contribution >= 4 is 46.3 Å². The minimum atomic E-state index is -1.45. The molecule has 0 radical (unpaired) electrons. The fourth-order valence-corrected chi connectivity index (χ4v) is 6.66. The summed E-state index contributed by atoms with van der Waals surface area (Å²) in [7, 11) is 0. The van der Waals surface area contributed by atoms with Gasteiger partial charge in [0, 0.05) is 36.5 Å². The molecule has 15 heteroatoms. The van der Waals surface area contributed by atoms with Crippen LogP contribution in [0, 0.1) is 0 Å². The summed E-state index contributed by atoms with van der Waals surface area (Å²) in [5.41, 5.74) is 8.03. The van der Waals surface area contributed by atoms with Gasteiger partial charge in [-0.3, -0.25) is 28.8 Å². The molecule has 0 aliphatic carbocycles. The number of aliphatic hydroxyl groups excluding tert-OH is 1. The molecule has 52 heavy (non-hydrogen) atoms. The number of aliphatic hydroxyl groups is 1. The number of aromatic nitrogens is 1. The highest BCUT2D eigenvalue weighted by molar-refractivity contribution is 5.98. The second kappa shape index (κ2) is 17.8. The van der Waals surface area contributed by atoms with Gasteiger partial charge in [-0.1, -0.05) is 48.5 Å². The zero-order valence-electron chi connectivity index (χ0n) is 29.2. The van der Waals surface area contributed by atoms with E-state index in [-0.39, 0.29) is 38.8 Å². The molecule has 2 saturated heterocycles. The van der Waals surface area contributed by atoms with E-state index >= 15 is 0 Å². The van der Waals surface area contributed by atoms with E-state index in [9.17, 15) is 33.9 Å². The number of benzene rings is 2. The summed E-state index contributed by atoms with van der Waals surface area (Å²) in [6.45, 7) is 1.56. The number of nitrogens with zero attached hydrogens (tertiary/aromatic N) is 1. The number of carbonyl (C=O) groups excluding carboxylic acids is 6. The van der Waals surface area contributed by atoms with E-state index in [1.807, 2.05) is 54.6 Å². The van der Waals surface area contributed by atoms with E-state index in [0.29, 0.717) is 25.8 Å². The first kappa shape index (κ1) is 38.0. The second-order valence-corrected chi connectivity index (χ2v) is 13.5. The van der Waals surface area contributed by atoms with E-state index in [1.54, 1.807) is 6.20 Å². The lowest BCUT2D eigenvalue weighted by Gasteiger charge is -2.34. The molecule has 3 heterocycles. The van der Waals surface area contributed by atoms with Gasteiger partial charge in [-0.15, -0.1) is 0 Å². The second-order valence-electron chi connectivity index (χ2n) is 13.5. The number of hydrogen-bond acceptors (Lipinski definition) is 8. The third-order valence-corrected chi connectivity index (χ3v) is 9.49. The van der Waals surface area contributed by atoms with Gasteiger partial charge in [0.1, 0.15) is 30.2 Å². The zero-order valence-corrected chi connectivity index (χ0v) is 29.2. The molecule has 2 bridgehead atoms. The minimum absolute atomic E-state index is 0.0348. The van der Waals surface area contributed by atoms with Crippen LogP contribution in [0.3, 0.4) is 0 Å². The molecule has 2 aliphatic rings. The van der Waals surface area contributed by atoms with Gasteiger partial charge < -0.3 is 47.3 Å². The minimum Gasteiger partial charge on any atom is -0.391 e. The Labute approximate surface area is 301 Å². The monoisotopic (exact) mass is 716 g/mol. The van der Waals surface area contributed by atoms with Crippen LogP contribution in [0.15, 0.2) is 60.8 Å². The van der Waals surface area contributed by atoms with E-state index in [0.717, 1.165) is 22.0 Å². The molecular weight excluding hydrogens is 668 g/mol. The molecule has 0 saturated carbocycles. The summed E-state index contributed by atoms with van der Waals surface area (Å²) in [6.07, 6.45) is 2.45. The number of unbranched alkanes of at least 4 members (excludes halogenated alkanes) is 1. The van der Waals surface area contributed by atoms with Gasteiger partial charge in [0.2, 0.25) is 35.4 Å². The van der Waals surface area contributed by atoms with Gasteiger partial charge in [0.05, 0.1) is 12.6 Å². The summed E-state index contributed by atoms with van der Waals surface area (Å²) in [5, 5.41) is 25.0. The number of carbonyl (C=O) groups is 6. The molecule has 2 aliphatic heterocycles. The highest BCUT2D eigenvalue weighted by Crippen LogP contribution is 2.20. The molecule has 2 fully saturated rings. The van der Waals surface area contributed by atoms with Crippen molar-refractivity contribution in [2.75, 3.05) is 19.6 Å². The Balaban J connectivity index is 1.52. The SMILES string of the molecule is C[C@@H](O)[C@@H]1NC(=O)[C@H](CCCCN)NC(=O)[C@H](Cc2c[nH]c3ccccc23)NC(=O)[C@H](Cc2ccccc2)NC(=O)CN2CCC[C@@H](NC1=O)C2=O. The summed E-state index contributed by atoms with van der Waals surface area (Å²) < 4.78 is 0. The van der Waals surface area contributed by atoms with Crippen molar-refractivity contribution in [3.8, 4) is 0 Å².